The van der Waals surface area contributed by atoms with Gasteiger partial charge in [-0.25, -0.2) is 0 Å². The van der Waals surface area contributed by atoms with Crippen LogP contribution in [0.25, 0.3) is 0 Å². The highest BCUT2D eigenvalue weighted by molar-refractivity contribution is 5.92. The molecule has 4 heteroatoms. The number of ether oxygens (including phenoxy) is 1. The lowest BCUT2D eigenvalue weighted by Gasteiger charge is -2.09. The Hall–Kier alpha value is -1.55. The van der Waals surface area contributed by atoms with E-state index >= 15 is 0 Å². The molecule has 3 N–H and O–H groups in total. The maximum atomic E-state index is 11.6. The third kappa shape index (κ3) is 5.19. The van der Waals surface area contributed by atoms with Crippen molar-refractivity contribution >= 4 is 17.3 Å². The van der Waals surface area contributed by atoms with E-state index in [4.69, 9.17) is 10.5 Å². The minimum atomic E-state index is -0.151. The molecule has 100 valence electrons. The van der Waals surface area contributed by atoms with Crippen LogP contribution in [-0.4, -0.2) is 19.1 Å². The molecule has 0 aliphatic heterocycles. The molecule has 1 rings (SSSR count). The molecule has 0 bridgehead atoms. The summed E-state index contributed by atoms with van der Waals surface area (Å²) in [6, 6.07) is 5.46. The zero-order valence-electron chi connectivity index (χ0n) is 11.3. The van der Waals surface area contributed by atoms with E-state index in [2.05, 4.69) is 19.2 Å². The van der Waals surface area contributed by atoms with E-state index in [1.807, 2.05) is 19.1 Å². The summed E-state index contributed by atoms with van der Waals surface area (Å²) >= 11 is 0. The van der Waals surface area contributed by atoms with Crippen LogP contribution in [0.5, 0.6) is 0 Å². The first-order valence-corrected chi connectivity index (χ1v) is 6.22. The zero-order chi connectivity index (χ0) is 13.5. The highest BCUT2D eigenvalue weighted by Crippen LogP contribution is 2.16. The summed E-state index contributed by atoms with van der Waals surface area (Å²) in [4.78, 5) is 11.6. The van der Waals surface area contributed by atoms with Crippen molar-refractivity contribution in [3.05, 3.63) is 23.8 Å². The molecule has 0 aliphatic rings. The monoisotopic (exact) mass is 250 g/mol. The van der Waals surface area contributed by atoms with Crippen LogP contribution < -0.4 is 11.1 Å². The molecular formula is C14H22N2O2. The normalized spacial score (nSPS) is 10.7. The predicted molar refractivity (Wildman–Crippen MR) is 74.5 cm³/mol. The van der Waals surface area contributed by atoms with Gasteiger partial charge in [0.05, 0.1) is 0 Å². The van der Waals surface area contributed by atoms with Crippen LogP contribution in [0.4, 0.5) is 11.4 Å². The standard InChI is InChI=1S/C14H22N2O2/c1-10(2)6-7-18-9-14(17)16-12-5-4-11(3)13(15)8-12/h4-5,8,10H,6-7,9,15H2,1-3H3,(H,16,17). The summed E-state index contributed by atoms with van der Waals surface area (Å²) in [5.41, 5.74) is 8.15. The molecule has 0 atom stereocenters. The SMILES string of the molecule is Cc1ccc(NC(=O)COCCC(C)C)cc1N. The molecule has 0 saturated heterocycles. The van der Waals surface area contributed by atoms with E-state index in [1.54, 1.807) is 6.07 Å². The maximum absolute atomic E-state index is 11.6. The Morgan fingerprint density at radius 2 is 2.17 bits per heavy atom. The minimum Gasteiger partial charge on any atom is -0.398 e. The van der Waals surface area contributed by atoms with Gasteiger partial charge in [-0.15, -0.1) is 0 Å². The summed E-state index contributed by atoms with van der Waals surface area (Å²) in [6.45, 7) is 6.87. The summed E-state index contributed by atoms with van der Waals surface area (Å²) in [7, 11) is 0. The second-order valence-corrected chi connectivity index (χ2v) is 4.85. The van der Waals surface area contributed by atoms with Crippen molar-refractivity contribution in [3.8, 4) is 0 Å². The van der Waals surface area contributed by atoms with Gasteiger partial charge >= 0.3 is 0 Å². The predicted octanol–water partition coefficient (Wildman–Crippen LogP) is 2.58. The number of nitrogen functional groups attached to an aromatic ring is 1. The van der Waals surface area contributed by atoms with Crippen LogP contribution in [0.1, 0.15) is 25.8 Å². The first-order valence-electron chi connectivity index (χ1n) is 6.22. The van der Waals surface area contributed by atoms with E-state index < -0.39 is 0 Å². The molecule has 0 spiro atoms. The van der Waals surface area contributed by atoms with Gasteiger partial charge in [-0.3, -0.25) is 4.79 Å². The maximum Gasteiger partial charge on any atom is 0.250 e. The number of hydrogen-bond donors (Lipinski definition) is 2. The van der Waals surface area contributed by atoms with Crippen LogP contribution in [-0.2, 0) is 9.53 Å². The number of carbonyl (C=O) groups excluding carboxylic acids is 1. The molecule has 4 nitrogen and oxygen atoms in total. The fraction of sp³-hybridized carbons (Fsp3) is 0.500. The molecular weight excluding hydrogens is 228 g/mol. The van der Waals surface area contributed by atoms with Gasteiger partial charge in [0, 0.05) is 18.0 Å². The van der Waals surface area contributed by atoms with Gasteiger partial charge in [0.2, 0.25) is 5.91 Å². The summed E-state index contributed by atoms with van der Waals surface area (Å²) in [6.07, 6.45) is 0.963. The topological polar surface area (TPSA) is 64.3 Å². The molecule has 0 aromatic heterocycles. The van der Waals surface area contributed by atoms with Crippen LogP contribution >= 0.6 is 0 Å². The number of nitrogens with two attached hydrogens (primary N) is 1. The summed E-state index contributed by atoms with van der Waals surface area (Å²) in [5.74, 6) is 0.437. The Morgan fingerprint density at radius 3 is 2.78 bits per heavy atom. The van der Waals surface area contributed by atoms with E-state index in [0.717, 1.165) is 12.0 Å². The molecule has 0 saturated carbocycles. The summed E-state index contributed by atoms with van der Waals surface area (Å²) < 4.78 is 5.29. The fourth-order valence-electron chi connectivity index (χ4n) is 1.40. The van der Waals surface area contributed by atoms with Gasteiger partial charge in [-0.2, -0.15) is 0 Å². The second-order valence-electron chi connectivity index (χ2n) is 4.85. The van der Waals surface area contributed by atoms with E-state index in [-0.39, 0.29) is 12.5 Å². The Morgan fingerprint density at radius 1 is 1.44 bits per heavy atom. The lowest BCUT2D eigenvalue weighted by molar-refractivity contribution is -0.120. The highest BCUT2D eigenvalue weighted by atomic mass is 16.5. The second kappa shape index (κ2) is 7.01. The molecule has 18 heavy (non-hydrogen) atoms. The number of benzene rings is 1. The van der Waals surface area contributed by atoms with Crippen molar-refractivity contribution in [2.24, 2.45) is 5.92 Å². The number of aryl methyl sites for hydroxylation is 1. The number of anilines is 2. The number of carbonyl (C=O) groups is 1. The van der Waals surface area contributed by atoms with Crippen LogP contribution in [0.15, 0.2) is 18.2 Å². The van der Waals surface area contributed by atoms with Crippen molar-refractivity contribution in [1.82, 2.24) is 0 Å². The smallest absolute Gasteiger partial charge is 0.250 e. The van der Waals surface area contributed by atoms with Crippen molar-refractivity contribution in [2.45, 2.75) is 27.2 Å². The van der Waals surface area contributed by atoms with Gasteiger partial charge in [0.15, 0.2) is 0 Å². The van der Waals surface area contributed by atoms with E-state index in [0.29, 0.717) is 23.9 Å². The van der Waals surface area contributed by atoms with Gasteiger partial charge in [-0.05, 0) is 37.0 Å². The third-order valence-corrected chi connectivity index (χ3v) is 2.64. The molecule has 0 fully saturated rings. The Bertz CT molecular complexity index is 403. The van der Waals surface area contributed by atoms with Gasteiger partial charge in [0.1, 0.15) is 6.61 Å². The third-order valence-electron chi connectivity index (χ3n) is 2.64. The quantitative estimate of drug-likeness (QED) is 0.602. The van der Waals surface area contributed by atoms with Crippen molar-refractivity contribution < 1.29 is 9.53 Å². The lowest BCUT2D eigenvalue weighted by Crippen LogP contribution is -2.19. The van der Waals surface area contributed by atoms with Gasteiger partial charge < -0.3 is 15.8 Å². The van der Waals surface area contributed by atoms with Crippen LogP contribution in [0.2, 0.25) is 0 Å². The number of nitrogens with one attached hydrogen (secondary N) is 1. The lowest BCUT2D eigenvalue weighted by atomic mass is 10.1. The van der Waals surface area contributed by atoms with Crippen molar-refractivity contribution in [1.29, 1.82) is 0 Å². The molecule has 0 aliphatic carbocycles. The van der Waals surface area contributed by atoms with Gasteiger partial charge in [-0.1, -0.05) is 19.9 Å². The summed E-state index contributed by atoms with van der Waals surface area (Å²) in [5, 5.41) is 2.75. The first-order chi connectivity index (χ1) is 8.49. The zero-order valence-corrected chi connectivity index (χ0v) is 11.3. The number of rotatable bonds is 6. The molecule has 0 radical (unpaired) electrons. The fourth-order valence-corrected chi connectivity index (χ4v) is 1.40. The van der Waals surface area contributed by atoms with Crippen molar-refractivity contribution in [2.75, 3.05) is 24.3 Å². The Balaban J connectivity index is 2.33. The highest BCUT2D eigenvalue weighted by Gasteiger charge is 2.04. The average Bonchev–Trinajstić information content (AvgIpc) is 2.29. The first kappa shape index (κ1) is 14.5. The molecule has 0 heterocycles. The largest absolute Gasteiger partial charge is 0.398 e. The van der Waals surface area contributed by atoms with Gasteiger partial charge in [0.25, 0.3) is 0 Å². The van der Waals surface area contributed by atoms with Crippen LogP contribution in [0.3, 0.4) is 0 Å². The minimum absolute atomic E-state index is 0.0838. The van der Waals surface area contributed by atoms with E-state index in [1.165, 1.54) is 0 Å². The molecule has 0 unspecified atom stereocenters. The Labute approximate surface area is 109 Å². The number of amides is 1. The van der Waals surface area contributed by atoms with E-state index in [9.17, 15) is 4.79 Å². The average molecular weight is 250 g/mol. The molecule has 1 aromatic rings. The number of hydrogen-bond acceptors (Lipinski definition) is 3. The molecule has 1 amide bonds. The van der Waals surface area contributed by atoms with Crippen LogP contribution in [0, 0.1) is 12.8 Å². The molecule has 1 aromatic carbocycles. The Kier molecular flexibility index (Phi) is 5.65. The van der Waals surface area contributed by atoms with Crippen molar-refractivity contribution in [3.63, 3.8) is 0 Å².